The third kappa shape index (κ3) is 3.40. The van der Waals surface area contributed by atoms with Crippen LogP contribution in [0.5, 0.6) is 0 Å². The first-order valence-electron chi connectivity index (χ1n) is 9.71. The second-order valence-electron chi connectivity index (χ2n) is 7.84. The monoisotopic (exact) mass is 410 g/mol. The van der Waals surface area contributed by atoms with E-state index in [1.165, 1.54) is 0 Å². The molecule has 3 aromatic heterocycles. The summed E-state index contributed by atoms with van der Waals surface area (Å²) in [6, 6.07) is 11.1. The molecule has 0 saturated heterocycles. The van der Waals surface area contributed by atoms with Crippen molar-refractivity contribution in [3.8, 4) is 0 Å². The van der Waals surface area contributed by atoms with E-state index in [1.54, 1.807) is 6.20 Å². The fourth-order valence-corrected chi connectivity index (χ4v) is 5.85. The van der Waals surface area contributed by atoms with Crippen molar-refractivity contribution in [1.29, 1.82) is 0 Å². The van der Waals surface area contributed by atoms with E-state index in [2.05, 4.69) is 31.8 Å². The molecule has 8 nitrogen and oxygen atoms in total. The zero-order valence-corrected chi connectivity index (χ0v) is 16.8. The minimum absolute atomic E-state index is 0.00705. The van der Waals surface area contributed by atoms with Crippen molar-refractivity contribution in [1.82, 2.24) is 29.3 Å². The Balaban J connectivity index is 1.39. The van der Waals surface area contributed by atoms with E-state index in [1.807, 2.05) is 47.0 Å². The van der Waals surface area contributed by atoms with Gasteiger partial charge in [-0.3, -0.25) is 4.40 Å². The predicted molar refractivity (Wildman–Crippen MR) is 110 cm³/mol. The van der Waals surface area contributed by atoms with Crippen LogP contribution in [-0.2, 0) is 15.8 Å². The van der Waals surface area contributed by atoms with Crippen molar-refractivity contribution < 1.29 is 8.42 Å². The van der Waals surface area contributed by atoms with Gasteiger partial charge in [-0.1, -0.05) is 37.3 Å². The average Bonchev–Trinajstić information content (AvgIpc) is 3.38. The minimum atomic E-state index is -3.41. The van der Waals surface area contributed by atoms with Crippen molar-refractivity contribution in [2.24, 2.45) is 5.92 Å². The van der Waals surface area contributed by atoms with Gasteiger partial charge in [-0.05, 0) is 30.4 Å². The Labute approximate surface area is 168 Å². The molecule has 3 heterocycles. The first-order valence-corrected chi connectivity index (χ1v) is 11.4. The van der Waals surface area contributed by atoms with Crippen LogP contribution in [0.2, 0.25) is 0 Å². The number of sulfonamides is 1. The van der Waals surface area contributed by atoms with Crippen molar-refractivity contribution in [2.45, 2.75) is 37.5 Å². The van der Waals surface area contributed by atoms with E-state index in [-0.39, 0.29) is 23.6 Å². The van der Waals surface area contributed by atoms with Crippen LogP contribution >= 0.6 is 0 Å². The lowest BCUT2D eigenvalue weighted by atomic mass is 9.97. The topological polar surface area (TPSA) is 105 Å². The summed E-state index contributed by atoms with van der Waals surface area (Å²) in [5.41, 5.74) is 3.20. The quantitative estimate of drug-likeness (QED) is 0.526. The van der Waals surface area contributed by atoms with E-state index in [9.17, 15) is 8.42 Å². The van der Waals surface area contributed by atoms with Gasteiger partial charge in [0.05, 0.1) is 17.5 Å². The molecule has 0 bridgehead atoms. The smallest absolute Gasteiger partial charge is 0.216 e. The summed E-state index contributed by atoms with van der Waals surface area (Å²) in [7, 11) is -3.41. The number of fused-ring (bicyclic) bond motifs is 3. The molecule has 150 valence electrons. The van der Waals surface area contributed by atoms with Crippen LogP contribution in [0, 0.1) is 5.92 Å². The maximum Gasteiger partial charge on any atom is 0.216 e. The van der Waals surface area contributed by atoms with Gasteiger partial charge < -0.3 is 4.98 Å². The summed E-state index contributed by atoms with van der Waals surface area (Å²) in [6.07, 6.45) is 5.02. The van der Waals surface area contributed by atoms with Gasteiger partial charge in [0.1, 0.15) is 5.82 Å². The highest BCUT2D eigenvalue weighted by atomic mass is 32.2. The number of benzene rings is 1. The summed E-state index contributed by atoms with van der Waals surface area (Å²) in [5.74, 6) is 1.26. The molecule has 1 aliphatic rings. The normalized spacial score (nSPS) is 22.6. The number of nitrogens with one attached hydrogen (secondary N) is 2. The number of H-pyrrole nitrogens is 1. The molecule has 0 unspecified atom stereocenters. The Hall–Kier alpha value is -2.78. The highest BCUT2D eigenvalue weighted by Gasteiger charge is 2.37. The number of aromatic amines is 1. The summed E-state index contributed by atoms with van der Waals surface area (Å²) in [5, 5.41) is 8.72. The van der Waals surface area contributed by atoms with E-state index < -0.39 is 10.0 Å². The van der Waals surface area contributed by atoms with Crippen LogP contribution in [0.15, 0.2) is 48.8 Å². The summed E-state index contributed by atoms with van der Waals surface area (Å²) < 4.78 is 30.2. The molecule has 0 spiro atoms. The van der Waals surface area contributed by atoms with Gasteiger partial charge in [-0.15, -0.1) is 10.2 Å². The molecule has 0 amide bonds. The largest absolute Gasteiger partial charge is 0.345 e. The number of nitrogens with zero attached hydrogens (tertiary/aromatic N) is 4. The Bertz CT molecular complexity index is 1260. The fraction of sp³-hybridized carbons (Fsp3) is 0.350. The van der Waals surface area contributed by atoms with Crippen molar-refractivity contribution >= 4 is 26.8 Å². The molecule has 4 aromatic rings. The molecular weight excluding hydrogens is 388 g/mol. The van der Waals surface area contributed by atoms with Gasteiger partial charge in [0, 0.05) is 18.2 Å². The number of hydrogen-bond acceptors (Lipinski definition) is 5. The van der Waals surface area contributed by atoms with E-state index in [4.69, 9.17) is 0 Å². The molecular formula is C20H22N6O2S. The highest BCUT2D eigenvalue weighted by Crippen LogP contribution is 2.39. The molecule has 1 saturated carbocycles. The SMILES string of the molecule is C[C@@H]1C[C@H](NS(=O)(=O)Cc2ccccc2)C[C@@H]1c1nnc2cnc3[nH]ccc3n12. The third-order valence-electron chi connectivity index (χ3n) is 5.73. The van der Waals surface area contributed by atoms with Crippen molar-refractivity contribution in [3.05, 3.63) is 60.2 Å². The molecule has 2 N–H and O–H groups in total. The highest BCUT2D eigenvalue weighted by molar-refractivity contribution is 7.88. The first-order chi connectivity index (χ1) is 14.0. The van der Waals surface area contributed by atoms with Gasteiger partial charge >= 0.3 is 0 Å². The minimum Gasteiger partial charge on any atom is -0.345 e. The second kappa shape index (κ2) is 6.93. The summed E-state index contributed by atoms with van der Waals surface area (Å²) >= 11 is 0. The Morgan fingerprint density at radius 2 is 2.00 bits per heavy atom. The predicted octanol–water partition coefficient (Wildman–Crippen LogP) is 2.61. The molecule has 9 heteroatoms. The molecule has 1 aliphatic carbocycles. The van der Waals surface area contributed by atoms with Gasteiger partial charge in [-0.2, -0.15) is 0 Å². The Morgan fingerprint density at radius 1 is 1.17 bits per heavy atom. The van der Waals surface area contributed by atoms with Gasteiger partial charge in [0.2, 0.25) is 10.0 Å². The van der Waals surface area contributed by atoms with Gasteiger partial charge in [0.15, 0.2) is 11.3 Å². The zero-order chi connectivity index (χ0) is 20.0. The lowest BCUT2D eigenvalue weighted by Crippen LogP contribution is -2.34. The van der Waals surface area contributed by atoms with Crippen LogP contribution in [0.1, 0.15) is 37.1 Å². The molecule has 0 aliphatic heterocycles. The van der Waals surface area contributed by atoms with Crippen molar-refractivity contribution in [3.63, 3.8) is 0 Å². The van der Waals surface area contributed by atoms with E-state index in [0.717, 1.165) is 29.0 Å². The maximum atomic E-state index is 12.7. The van der Waals surface area contributed by atoms with E-state index in [0.29, 0.717) is 12.1 Å². The number of aromatic nitrogens is 5. The van der Waals surface area contributed by atoms with Crippen LogP contribution in [0.25, 0.3) is 16.8 Å². The average molecular weight is 411 g/mol. The molecule has 1 aromatic carbocycles. The maximum absolute atomic E-state index is 12.7. The number of rotatable bonds is 5. The number of hydrogen-bond donors (Lipinski definition) is 2. The van der Waals surface area contributed by atoms with Crippen LogP contribution in [-0.4, -0.2) is 39.0 Å². The zero-order valence-electron chi connectivity index (χ0n) is 16.0. The van der Waals surface area contributed by atoms with Crippen LogP contribution in [0.3, 0.4) is 0 Å². The molecule has 3 atom stereocenters. The summed E-state index contributed by atoms with van der Waals surface area (Å²) in [4.78, 5) is 7.48. The molecule has 5 rings (SSSR count). The lowest BCUT2D eigenvalue weighted by molar-refractivity contribution is 0.505. The Kier molecular flexibility index (Phi) is 4.36. The standard InChI is InChI=1S/C20H22N6O2S/c1-13-9-15(25-29(27,28)12-14-5-3-2-4-6-14)10-16(13)20-24-23-18-11-22-19-17(26(18)20)7-8-21-19/h2-8,11,13,15-16,21,25H,9-10,12H2,1H3/t13-,15+,16+/m1/s1. The molecule has 1 fully saturated rings. The van der Waals surface area contributed by atoms with Gasteiger partial charge in [-0.25, -0.2) is 18.1 Å². The van der Waals surface area contributed by atoms with Crippen LogP contribution in [0.4, 0.5) is 0 Å². The first kappa shape index (κ1) is 18.3. The summed E-state index contributed by atoms with van der Waals surface area (Å²) in [6.45, 7) is 2.15. The second-order valence-corrected chi connectivity index (χ2v) is 9.59. The van der Waals surface area contributed by atoms with Crippen LogP contribution < -0.4 is 4.72 Å². The fourth-order valence-electron chi connectivity index (χ4n) is 4.43. The lowest BCUT2D eigenvalue weighted by Gasteiger charge is -2.14. The molecule has 29 heavy (non-hydrogen) atoms. The van der Waals surface area contributed by atoms with E-state index >= 15 is 0 Å². The van der Waals surface area contributed by atoms with Gasteiger partial charge in [0.25, 0.3) is 0 Å². The Morgan fingerprint density at radius 3 is 2.83 bits per heavy atom. The third-order valence-corrected chi connectivity index (χ3v) is 7.13. The van der Waals surface area contributed by atoms with Crippen molar-refractivity contribution in [2.75, 3.05) is 0 Å². The molecule has 0 radical (unpaired) electrons.